The molecule has 0 saturated carbocycles. The Kier molecular flexibility index (Phi) is 5.41. The molecule has 0 aliphatic carbocycles. The summed E-state index contributed by atoms with van der Waals surface area (Å²) < 4.78 is 4.95. The van der Waals surface area contributed by atoms with Gasteiger partial charge < -0.3 is 10.1 Å². The van der Waals surface area contributed by atoms with Gasteiger partial charge in [0.15, 0.2) is 6.61 Å². The van der Waals surface area contributed by atoms with Gasteiger partial charge in [-0.1, -0.05) is 23.2 Å². The maximum atomic E-state index is 11.8. The molecule has 0 fully saturated rings. The SMILES string of the molecule is Cc1cc(Cl)ccc1NC(=O)COC(=O)c1ccc(Cl)cc1. The second kappa shape index (κ2) is 7.29. The number of ether oxygens (including phenoxy) is 1. The molecule has 0 spiro atoms. The molecule has 0 aromatic heterocycles. The molecule has 2 aromatic carbocycles. The summed E-state index contributed by atoms with van der Waals surface area (Å²) in [6.07, 6.45) is 0. The van der Waals surface area contributed by atoms with Crippen molar-refractivity contribution in [3.8, 4) is 0 Å². The summed E-state index contributed by atoms with van der Waals surface area (Å²) in [5.41, 5.74) is 1.78. The first-order valence-electron chi connectivity index (χ1n) is 6.44. The molecule has 1 amide bonds. The van der Waals surface area contributed by atoms with Crippen LogP contribution in [0, 0.1) is 6.92 Å². The first kappa shape index (κ1) is 16.3. The minimum atomic E-state index is -0.584. The van der Waals surface area contributed by atoms with Crippen LogP contribution in [0.15, 0.2) is 42.5 Å². The largest absolute Gasteiger partial charge is 0.452 e. The van der Waals surface area contributed by atoms with Gasteiger partial charge in [0.25, 0.3) is 5.91 Å². The minimum Gasteiger partial charge on any atom is -0.452 e. The molecule has 4 nitrogen and oxygen atoms in total. The van der Waals surface area contributed by atoms with Crippen molar-refractivity contribution in [2.75, 3.05) is 11.9 Å². The maximum absolute atomic E-state index is 11.8. The molecule has 0 radical (unpaired) electrons. The quantitative estimate of drug-likeness (QED) is 0.854. The highest BCUT2D eigenvalue weighted by Gasteiger charge is 2.11. The fraction of sp³-hybridized carbons (Fsp3) is 0.125. The van der Waals surface area contributed by atoms with Crippen molar-refractivity contribution in [2.45, 2.75) is 6.92 Å². The van der Waals surface area contributed by atoms with E-state index in [0.717, 1.165) is 5.56 Å². The van der Waals surface area contributed by atoms with Gasteiger partial charge in [0.1, 0.15) is 0 Å². The third-order valence-electron chi connectivity index (χ3n) is 2.88. The predicted octanol–water partition coefficient (Wildman–Crippen LogP) is 4.10. The van der Waals surface area contributed by atoms with Gasteiger partial charge >= 0.3 is 5.97 Å². The number of aryl methyl sites for hydroxylation is 1. The lowest BCUT2D eigenvalue weighted by molar-refractivity contribution is -0.119. The number of halogens is 2. The number of amides is 1. The van der Waals surface area contributed by atoms with Crippen LogP contribution in [0.4, 0.5) is 5.69 Å². The first-order chi connectivity index (χ1) is 10.5. The number of esters is 1. The predicted molar refractivity (Wildman–Crippen MR) is 86.6 cm³/mol. The van der Waals surface area contributed by atoms with Gasteiger partial charge in [-0.05, 0) is 55.0 Å². The van der Waals surface area contributed by atoms with E-state index in [1.807, 2.05) is 6.92 Å². The smallest absolute Gasteiger partial charge is 0.338 e. The summed E-state index contributed by atoms with van der Waals surface area (Å²) in [7, 11) is 0. The van der Waals surface area contributed by atoms with Crippen LogP contribution in [0.3, 0.4) is 0 Å². The van der Waals surface area contributed by atoms with Gasteiger partial charge in [-0.25, -0.2) is 4.79 Å². The van der Waals surface area contributed by atoms with E-state index < -0.39 is 11.9 Å². The summed E-state index contributed by atoms with van der Waals surface area (Å²) >= 11 is 11.6. The monoisotopic (exact) mass is 337 g/mol. The topological polar surface area (TPSA) is 55.4 Å². The number of nitrogens with one attached hydrogen (secondary N) is 1. The normalized spacial score (nSPS) is 10.1. The lowest BCUT2D eigenvalue weighted by Crippen LogP contribution is -2.21. The van der Waals surface area contributed by atoms with Crippen LogP contribution in [0.25, 0.3) is 0 Å². The van der Waals surface area contributed by atoms with Gasteiger partial charge in [0, 0.05) is 15.7 Å². The Labute approximate surface area is 138 Å². The van der Waals surface area contributed by atoms with Crippen molar-refractivity contribution in [3.05, 3.63) is 63.6 Å². The van der Waals surface area contributed by atoms with Crippen LogP contribution in [-0.2, 0) is 9.53 Å². The summed E-state index contributed by atoms with van der Waals surface area (Å²) in [4.78, 5) is 23.6. The average molecular weight is 338 g/mol. The minimum absolute atomic E-state index is 0.333. The number of carbonyl (C=O) groups is 2. The molecule has 0 aliphatic rings. The second-order valence-corrected chi connectivity index (χ2v) is 5.46. The number of hydrogen-bond donors (Lipinski definition) is 1. The van der Waals surface area contributed by atoms with Crippen molar-refractivity contribution in [1.82, 2.24) is 0 Å². The highest BCUT2D eigenvalue weighted by molar-refractivity contribution is 6.31. The van der Waals surface area contributed by atoms with Crippen LogP contribution in [0.5, 0.6) is 0 Å². The van der Waals surface area contributed by atoms with E-state index in [2.05, 4.69) is 5.32 Å². The van der Waals surface area contributed by atoms with Crippen molar-refractivity contribution in [2.24, 2.45) is 0 Å². The van der Waals surface area contributed by atoms with Gasteiger partial charge in [0.05, 0.1) is 5.56 Å². The fourth-order valence-electron chi connectivity index (χ4n) is 1.75. The number of hydrogen-bond acceptors (Lipinski definition) is 3. The summed E-state index contributed by atoms with van der Waals surface area (Å²) in [5.74, 6) is -1.01. The zero-order valence-electron chi connectivity index (χ0n) is 11.7. The van der Waals surface area contributed by atoms with Crippen LogP contribution < -0.4 is 5.32 Å². The van der Waals surface area contributed by atoms with Gasteiger partial charge in [0.2, 0.25) is 0 Å². The second-order valence-electron chi connectivity index (χ2n) is 4.59. The van der Waals surface area contributed by atoms with Crippen molar-refractivity contribution < 1.29 is 14.3 Å². The highest BCUT2D eigenvalue weighted by atomic mass is 35.5. The van der Waals surface area contributed by atoms with Crippen molar-refractivity contribution in [3.63, 3.8) is 0 Å². The first-order valence-corrected chi connectivity index (χ1v) is 7.20. The average Bonchev–Trinajstić information content (AvgIpc) is 2.48. The molecule has 6 heteroatoms. The Balaban J connectivity index is 1.89. The zero-order chi connectivity index (χ0) is 16.1. The van der Waals surface area contributed by atoms with E-state index in [9.17, 15) is 9.59 Å². The van der Waals surface area contributed by atoms with E-state index in [0.29, 0.717) is 21.3 Å². The fourth-order valence-corrected chi connectivity index (χ4v) is 2.11. The molecule has 0 saturated heterocycles. The number of rotatable bonds is 4. The lowest BCUT2D eigenvalue weighted by Gasteiger charge is -2.09. The van der Waals surface area contributed by atoms with E-state index in [-0.39, 0.29) is 6.61 Å². The zero-order valence-corrected chi connectivity index (χ0v) is 13.2. The molecular formula is C16H13Cl2NO3. The van der Waals surface area contributed by atoms with E-state index >= 15 is 0 Å². The lowest BCUT2D eigenvalue weighted by atomic mass is 10.2. The van der Waals surface area contributed by atoms with E-state index in [1.54, 1.807) is 30.3 Å². The summed E-state index contributed by atoms with van der Waals surface area (Å²) in [6, 6.07) is 11.3. The molecule has 0 bridgehead atoms. The van der Waals surface area contributed by atoms with E-state index in [4.69, 9.17) is 27.9 Å². The van der Waals surface area contributed by atoms with Gasteiger partial charge in [-0.3, -0.25) is 4.79 Å². The van der Waals surface area contributed by atoms with Crippen LogP contribution in [0.2, 0.25) is 10.0 Å². The van der Waals surface area contributed by atoms with Crippen molar-refractivity contribution in [1.29, 1.82) is 0 Å². The Hall–Kier alpha value is -2.04. The Morgan fingerprint density at radius 1 is 1.05 bits per heavy atom. The molecule has 22 heavy (non-hydrogen) atoms. The molecule has 0 unspecified atom stereocenters. The molecule has 1 N–H and O–H groups in total. The molecule has 114 valence electrons. The summed E-state index contributed by atoms with van der Waals surface area (Å²) in [5, 5.41) is 3.77. The van der Waals surface area contributed by atoms with Crippen LogP contribution >= 0.6 is 23.2 Å². The third-order valence-corrected chi connectivity index (χ3v) is 3.36. The van der Waals surface area contributed by atoms with Crippen LogP contribution in [0.1, 0.15) is 15.9 Å². The Morgan fingerprint density at radius 3 is 2.32 bits per heavy atom. The van der Waals surface area contributed by atoms with Gasteiger partial charge in [-0.2, -0.15) is 0 Å². The highest BCUT2D eigenvalue weighted by Crippen LogP contribution is 2.19. The van der Waals surface area contributed by atoms with Crippen molar-refractivity contribution >= 4 is 40.8 Å². The van der Waals surface area contributed by atoms with Crippen LogP contribution in [-0.4, -0.2) is 18.5 Å². The van der Waals surface area contributed by atoms with E-state index in [1.165, 1.54) is 12.1 Å². The maximum Gasteiger partial charge on any atom is 0.338 e. The Morgan fingerprint density at radius 2 is 1.68 bits per heavy atom. The molecule has 0 atom stereocenters. The number of benzene rings is 2. The standard InChI is InChI=1S/C16H13Cl2NO3/c1-10-8-13(18)6-7-14(10)19-15(20)9-22-16(21)11-2-4-12(17)5-3-11/h2-8H,9H2,1H3,(H,19,20). The third kappa shape index (κ3) is 4.48. The molecule has 2 rings (SSSR count). The molecule has 0 aliphatic heterocycles. The molecular weight excluding hydrogens is 325 g/mol. The Bertz CT molecular complexity index is 699. The number of carbonyl (C=O) groups excluding carboxylic acids is 2. The number of anilines is 1. The van der Waals surface area contributed by atoms with Gasteiger partial charge in [-0.15, -0.1) is 0 Å². The summed E-state index contributed by atoms with van der Waals surface area (Å²) in [6.45, 7) is 1.45. The molecule has 2 aromatic rings. The molecule has 0 heterocycles.